The van der Waals surface area contributed by atoms with Crippen molar-refractivity contribution in [1.29, 1.82) is 0 Å². The fraction of sp³-hybridized carbons (Fsp3) is 0.600. The molecule has 7 heteroatoms. The fourth-order valence-electron chi connectivity index (χ4n) is 2.83. The summed E-state index contributed by atoms with van der Waals surface area (Å²) in [7, 11) is -3.15. The third-order valence-electron chi connectivity index (χ3n) is 3.94. The SMILES string of the molecule is CS(=O)(=O)N[C@H]1CC[C@H](NC[C@H](O)c2cccc(F)c2)CC1. The fourth-order valence-corrected chi connectivity index (χ4v) is 3.67. The molecule has 2 rings (SSSR count). The van der Waals surface area contributed by atoms with E-state index in [4.69, 9.17) is 0 Å². The molecule has 1 aromatic rings. The molecular formula is C15H23FN2O3S. The average Bonchev–Trinajstić information content (AvgIpc) is 2.44. The highest BCUT2D eigenvalue weighted by atomic mass is 32.2. The molecule has 0 amide bonds. The van der Waals surface area contributed by atoms with Crippen LogP contribution in [-0.2, 0) is 10.0 Å². The zero-order chi connectivity index (χ0) is 16.2. The second-order valence-corrected chi connectivity index (χ2v) is 7.70. The minimum atomic E-state index is -3.15. The zero-order valence-corrected chi connectivity index (χ0v) is 13.4. The third-order valence-corrected chi connectivity index (χ3v) is 4.70. The molecule has 0 aliphatic heterocycles. The van der Waals surface area contributed by atoms with E-state index in [0.717, 1.165) is 25.7 Å². The lowest BCUT2D eigenvalue weighted by Gasteiger charge is -2.29. The summed E-state index contributed by atoms with van der Waals surface area (Å²) in [6, 6.07) is 6.21. The Hall–Kier alpha value is -1.02. The smallest absolute Gasteiger partial charge is 0.208 e. The molecule has 0 aromatic heterocycles. The van der Waals surface area contributed by atoms with Gasteiger partial charge in [0.15, 0.2) is 0 Å². The Labute approximate surface area is 131 Å². The van der Waals surface area contributed by atoms with Crippen LogP contribution < -0.4 is 10.0 Å². The first kappa shape index (κ1) is 17.3. The molecule has 124 valence electrons. The number of hydrogen-bond donors (Lipinski definition) is 3. The number of benzene rings is 1. The summed E-state index contributed by atoms with van der Waals surface area (Å²) >= 11 is 0. The van der Waals surface area contributed by atoms with Crippen LogP contribution in [-0.4, -0.2) is 38.4 Å². The number of nitrogens with one attached hydrogen (secondary N) is 2. The van der Waals surface area contributed by atoms with Crippen LogP contribution in [0.3, 0.4) is 0 Å². The summed E-state index contributed by atoms with van der Waals surface area (Å²) < 4.78 is 38.1. The van der Waals surface area contributed by atoms with Crippen LogP contribution in [0.1, 0.15) is 37.4 Å². The molecule has 22 heavy (non-hydrogen) atoms. The quantitative estimate of drug-likeness (QED) is 0.735. The van der Waals surface area contributed by atoms with Gasteiger partial charge >= 0.3 is 0 Å². The highest BCUT2D eigenvalue weighted by Gasteiger charge is 2.23. The van der Waals surface area contributed by atoms with Gasteiger partial charge < -0.3 is 10.4 Å². The molecule has 1 aliphatic carbocycles. The molecule has 0 heterocycles. The highest BCUT2D eigenvalue weighted by Crippen LogP contribution is 2.20. The van der Waals surface area contributed by atoms with Crippen molar-refractivity contribution < 1.29 is 17.9 Å². The van der Waals surface area contributed by atoms with Crippen LogP contribution in [0.25, 0.3) is 0 Å². The molecule has 1 saturated carbocycles. The van der Waals surface area contributed by atoms with Crippen molar-refractivity contribution in [1.82, 2.24) is 10.0 Å². The predicted octanol–water partition coefficient (Wildman–Crippen LogP) is 1.31. The van der Waals surface area contributed by atoms with Gasteiger partial charge in [0.2, 0.25) is 10.0 Å². The average molecular weight is 330 g/mol. The number of halogens is 1. The molecule has 1 fully saturated rings. The van der Waals surface area contributed by atoms with E-state index in [1.54, 1.807) is 12.1 Å². The van der Waals surface area contributed by atoms with Crippen LogP contribution in [0.5, 0.6) is 0 Å². The summed E-state index contributed by atoms with van der Waals surface area (Å²) in [6.07, 6.45) is 3.68. The summed E-state index contributed by atoms with van der Waals surface area (Å²) in [6.45, 7) is 0.359. The maximum absolute atomic E-state index is 13.1. The van der Waals surface area contributed by atoms with Crippen LogP contribution in [0, 0.1) is 5.82 Å². The number of aliphatic hydroxyl groups excluding tert-OH is 1. The Morgan fingerprint density at radius 2 is 1.91 bits per heavy atom. The lowest BCUT2D eigenvalue weighted by Crippen LogP contribution is -2.42. The topological polar surface area (TPSA) is 78.4 Å². The summed E-state index contributed by atoms with van der Waals surface area (Å²) in [4.78, 5) is 0. The van der Waals surface area contributed by atoms with Crippen molar-refractivity contribution in [2.24, 2.45) is 0 Å². The van der Waals surface area contributed by atoms with E-state index >= 15 is 0 Å². The summed E-state index contributed by atoms with van der Waals surface area (Å²) in [5.41, 5.74) is 0.555. The number of rotatable bonds is 6. The molecule has 0 unspecified atom stereocenters. The lowest BCUT2D eigenvalue weighted by atomic mass is 9.91. The van der Waals surface area contributed by atoms with Crippen molar-refractivity contribution in [2.45, 2.75) is 43.9 Å². The van der Waals surface area contributed by atoms with Gasteiger partial charge in [0.1, 0.15) is 5.82 Å². The van der Waals surface area contributed by atoms with E-state index in [-0.39, 0.29) is 17.9 Å². The van der Waals surface area contributed by atoms with Crippen LogP contribution >= 0.6 is 0 Å². The number of hydrogen-bond acceptors (Lipinski definition) is 4. The largest absolute Gasteiger partial charge is 0.387 e. The minimum Gasteiger partial charge on any atom is -0.387 e. The van der Waals surface area contributed by atoms with E-state index in [1.807, 2.05) is 0 Å². The zero-order valence-electron chi connectivity index (χ0n) is 12.6. The van der Waals surface area contributed by atoms with Gasteiger partial charge in [-0.25, -0.2) is 17.5 Å². The molecule has 1 aliphatic rings. The summed E-state index contributed by atoms with van der Waals surface area (Å²) in [5.74, 6) is -0.357. The van der Waals surface area contributed by atoms with Gasteiger partial charge in [-0.1, -0.05) is 12.1 Å². The van der Waals surface area contributed by atoms with E-state index in [0.29, 0.717) is 12.1 Å². The molecule has 0 bridgehead atoms. The first-order chi connectivity index (χ1) is 10.3. The van der Waals surface area contributed by atoms with Crippen molar-refractivity contribution in [3.05, 3.63) is 35.6 Å². The Balaban J connectivity index is 1.75. The molecule has 3 N–H and O–H groups in total. The lowest BCUT2D eigenvalue weighted by molar-refractivity contribution is 0.164. The van der Waals surface area contributed by atoms with E-state index in [2.05, 4.69) is 10.0 Å². The minimum absolute atomic E-state index is 0.00110. The Bertz CT molecular complexity index is 586. The Kier molecular flexibility index (Phi) is 5.91. The van der Waals surface area contributed by atoms with E-state index in [1.165, 1.54) is 18.4 Å². The van der Waals surface area contributed by atoms with Gasteiger partial charge in [-0.05, 0) is 43.4 Å². The Morgan fingerprint density at radius 1 is 1.27 bits per heavy atom. The predicted molar refractivity (Wildman–Crippen MR) is 83.4 cm³/mol. The van der Waals surface area contributed by atoms with Gasteiger partial charge in [-0.15, -0.1) is 0 Å². The second kappa shape index (κ2) is 7.50. The van der Waals surface area contributed by atoms with Crippen molar-refractivity contribution >= 4 is 10.0 Å². The van der Waals surface area contributed by atoms with Gasteiger partial charge in [-0.2, -0.15) is 0 Å². The molecule has 5 nitrogen and oxygen atoms in total. The van der Waals surface area contributed by atoms with Gasteiger partial charge in [0, 0.05) is 18.6 Å². The number of aliphatic hydroxyl groups is 1. The van der Waals surface area contributed by atoms with Crippen molar-refractivity contribution in [2.75, 3.05) is 12.8 Å². The van der Waals surface area contributed by atoms with Crippen LogP contribution in [0.4, 0.5) is 4.39 Å². The maximum Gasteiger partial charge on any atom is 0.208 e. The van der Waals surface area contributed by atoms with Crippen molar-refractivity contribution in [3.63, 3.8) is 0 Å². The standard InChI is InChI=1S/C15H23FN2O3S/c1-22(20,21)18-14-7-5-13(6-8-14)17-10-15(19)11-3-2-4-12(16)9-11/h2-4,9,13-15,17-19H,5-8,10H2,1H3/t13-,14-,15-/m0/s1. The maximum atomic E-state index is 13.1. The molecule has 0 spiro atoms. The molecular weight excluding hydrogens is 307 g/mol. The van der Waals surface area contributed by atoms with Gasteiger partial charge in [0.05, 0.1) is 12.4 Å². The molecule has 0 radical (unpaired) electrons. The van der Waals surface area contributed by atoms with Crippen LogP contribution in [0.2, 0.25) is 0 Å². The Morgan fingerprint density at radius 3 is 2.50 bits per heavy atom. The van der Waals surface area contributed by atoms with E-state index < -0.39 is 16.1 Å². The first-order valence-corrected chi connectivity index (χ1v) is 9.37. The summed E-state index contributed by atoms with van der Waals surface area (Å²) in [5, 5.41) is 13.3. The molecule has 1 aromatic carbocycles. The first-order valence-electron chi connectivity index (χ1n) is 7.48. The molecule has 1 atom stereocenters. The molecule has 0 saturated heterocycles. The van der Waals surface area contributed by atoms with Crippen LogP contribution in [0.15, 0.2) is 24.3 Å². The normalized spacial score (nSPS) is 24.1. The van der Waals surface area contributed by atoms with Crippen molar-refractivity contribution in [3.8, 4) is 0 Å². The number of sulfonamides is 1. The second-order valence-electron chi connectivity index (χ2n) is 5.92. The highest BCUT2D eigenvalue weighted by molar-refractivity contribution is 7.88. The van der Waals surface area contributed by atoms with Gasteiger partial charge in [-0.3, -0.25) is 0 Å². The third kappa shape index (κ3) is 5.64. The monoisotopic (exact) mass is 330 g/mol. The van der Waals surface area contributed by atoms with Gasteiger partial charge in [0.25, 0.3) is 0 Å². The van der Waals surface area contributed by atoms with E-state index in [9.17, 15) is 17.9 Å².